The van der Waals surface area contributed by atoms with Crippen molar-refractivity contribution in [2.75, 3.05) is 13.6 Å². The molecule has 0 bridgehead atoms. The number of hydrogen-bond donors (Lipinski definition) is 1. The molecule has 2 heteroatoms. The highest BCUT2D eigenvalue weighted by atomic mass is 32.1. The Hall–Kier alpha value is -1.12. The van der Waals surface area contributed by atoms with E-state index < -0.39 is 0 Å². The van der Waals surface area contributed by atoms with Crippen molar-refractivity contribution in [3.05, 3.63) is 46.8 Å². The van der Waals surface area contributed by atoms with Crippen LogP contribution in [-0.4, -0.2) is 13.6 Å². The quantitative estimate of drug-likeness (QED) is 0.833. The molecule has 0 amide bonds. The van der Waals surface area contributed by atoms with Crippen LogP contribution in [0.1, 0.15) is 17.0 Å². The Bertz CT molecular complexity index is 501. The Morgan fingerprint density at radius 3 is 3.06 bits per heavy atom. The number of fused-ring (bicyclic) bond motifs is 3. The Morgan fingerprint density at radius 2 is 2.19 bits per heavy atom. The van der Waals surface area contributed by atoms with E-state index in [1.165, 1.54) is 28.0 Å². The van der Waals surface area contributed by atoms with Gasteiger partial charge in [0.25, 0.3) is 0 Å². The van der Waals surface area contributed by atoms with Crippen LogP contribution in [0.15, 0.2) is 35.7 Å². The molecule has 1 nitrogen and oxygen atoms in total. The maximum absolute atomic E-state index is 3.30. The third-order valence-corrected chi connectivity index (χ3v) is 4.28. The van der Waals surface area contributed by atoms with Crippen LogP contribution >= 0.6 is 11.3 Å². The summed E-state index contributed by atoms with van der Waals surface area (Å²) in [5.41, 5.74) is 4.47. The van der Waals surface area contributed by atoms with E-state index in [9.17, 15) is 0 Å². The summed E-state index contributed by atoms with van der Waals surface area (Å²) in [5.74, 6) is 0.640. The van der Waals surface area contributed by atoms with Gasteiger partial charge >= 0.3 is 0 Å². The molecule has 0 spiro atoms. The lowest BCUT2D eigenvalue weighted by Gasteiger charge is -2.24. The van der Waals surface area contributed by atoms with Gasteiger partial charge in [0.2, 0.25) is 0 Å². The van der Waals surface area contributed by atoms with Gasteiger partial charge in [-0.05, 0) is 41.6 Å². The molecule has 2 aromatic rings. The average Bonchev–Trinajstić information content (AvgIpc) is 2.79. The van der Waals surface area contributed by atoms with Crippen LogP contribution in [0, 0.1) is 0 Å². The summed E-state index contributed by atoms with van der Waals surface area (Å²) in [7, 11) is 2.03. The fourth-order valence-electron chi connectivity index (χ4n) is 2.58. The van der Waals surface area contributed by atoms with Crippen molar-refractivity contribution < 1.29 is 0 Å². The normalized spacial score (nSPS) is 17.9. The average molecular weight is 229 g/mol. The van der Waals surface area contributed by atoms with Crippen molar-refractivity contribution in [1.29, 1.82) is 0 Å². The molecule has 0 fully saturated rings. The zero-order valence-corrected chi connectivity index (χ0v) is 10.2. The van der Waals surface area contributed by atoms with Crippen LogP contribution in [0.4, 0.5) is 0 Å². The second-order valence-electron chi connectivity index (χ2n) is 4.32. The van der Waals surface area contributed by atoms with Crippen molar-refractivity contribution in [2.45, 2.75) is 12.3 Å². The van der Waals surface area contributed by atoms with E-state index in [1.54, 1.807) is 0 Å². The number of benzene rings is 1. The smallest absolute Gasteiger partial charge is 0.0380 e. The van der Waals surface area contributed by atoms with E-state index in [4.69, 9.17) is 0 Å². The molecular formula is C14H15NS. The van der Waals surface area contributed by atoms with E-state index in [0.29, 0.717) is 5.92 Å². The maximum atomic E-state index is 3.30. The van der Waals surface area contributed by atoms with Gasteiger partial charge in [-0.3, -0.25) is 0 Å². The highest BCUT2D eigenvalue weighted by Gasteiger charge is 2.24. The molecule has 82 valence electrons. The lowest BCUT2D eigenvalue weighted by Crippen LogP contribution is -2.21. The van der Waals surface area contributed by atoms with Gasteiger partial charge in [0.1, 0.15) is 0 Å². The van der Waals surface area contributed by atoms with Crippen LogP contribution in [0.3, 0.4) is 0 Å². The second-order valence-corrected chi connectivity index (χ2v) is 5.24. The molecule has 1 heterocycles. The molecule has 1 aromatic carbocycles. The van der Waals surface area contributed by atoms with Gasteiger partial charge in [0, 0.05) is 17.3 Å². The number of thiophene rings is 1. The van der Waals surface area contributed by atoms with Crippen molar-refractivity contribution >= 4 is 11.3 Å². The SMILES string of the molecule is CNCC1Cc2ccccc2-c2sccc21. The van der Waals surface area contributed by atoms with Crippen molar-refractivity contribution in [1.82, 2.24) is 5.32 Å². The molecule has 0 saturated heterocycles. The monoisotopic (exact) mass is 229 g/mol. The molecule has 1 N–H and O–H groups in total. The molecule has 16 heavy (non-hydrogen) atoms. The van der Waals surface area contributed by atoms with Gasteiger partial charge in [-0.1, -0.05) is 24.3 Å². The number of nitrogens with one attached hydrogen (secondary N) is 1. The van der Waals surface area contributed by atoms with Crippen LogP contribution in [0.25, 0.3) is 10.4 Å². The van der Waals surface area contributed by atoms with Crippen LogP contribution in [0.2, 0.25) is 0 Å². The third-order valence-electron chi connectivity index (χ3n) is 3.31. The van der Waals surface area contributed by atoms with E-state index in [2.05, 4.69) is 41.0 Å². The van der Waals surface area contributed by atoms with Crippen LogP contribution in [0.5, 0.6) is 0 Å². The topological polar surface area (TPSA) is 12.0 Å². The summed E-state index contributed by atoms with van der Waals surface area (Å²) < 4.78 is 0. The predicted molar refractivity (Wildman–Crippen MR) is 70.1 cm³/mol. The van der Waals surface area contributed by atoms with E-state index >= 15 is 0 Å². The van der Waals surface area contributed by atoms with Gasteiger partial charge in [-0.25, -0.2) is 0 Å². The number of likely N-dealkylation sites (N-methyl/N-ethyl adjacent to an activating group) is 1. The predicted octanol–water partition coefficient (Wildman–Crippen LogP) is 3.27. The molecule has 3 rings (SSSR count). The van der Waals surface area contributed by atoms with Crippen molar-refractivity contribution in [3.63, 3.8) is 0 Å². The first kappa shape index (κ1) is 10.1. The zero-order valence-electron chi connectivity index (χ0n) is 9.36. The van der Waals surface area contributed by atoms with Gasteiger partial charge < -0.3 is 5.32 Å². The zero-order chi connectivity index (χ0) is 11.0. The first-order chi connectivity index (χ1) is 7.90. The Labute approximate surface area is 100 Å². The Morgan fingerprint density at radius 1 is 1.31 bits per heavy atom. The largest absolute Gasteiger partial charge is 0.319 e. The van der Waals surface area contributed by atoms with Gasteiger partial charge in [-0.15, -0.1) is 11.3 Å². The highest BCUT2D eigenvalue weighted by Crippen LogP contribution is 2.42. The van der Waals surface area contributed by atoms with E-state index in [-0.39, 0.29) is 0 Å². The molecule has 1 aliphatic carbocycles. The summed E-state index contributed by atoms with van der Waals surface area (Å²) in [6, 6.07) is 11.1. The van der Waals surface area contributed by atoms with E-state index in [0.717, 1.165) is 6.54 Å². The fraction of sp³-hybridized carbons (Fsp3) is 0.286. The van der Waals surface area contributed by atoms with Crippen LogP contribution < -0.4 is 5.32 Å². The first-order valence-corrected chi connectivity index (χ1v) is 6.58. The summed E-state index contributed by atoms with van der Waals surface area (Å²) >= 11 is 1.87. The lowest BCUT2D eigenvalue weighted by molar-refractivity contribution is 0.623. The minimum absolute atomic E-state index is 0.640. The van der Waals surface area contributed by atoms with Crippen LogP contribution in [-0.2, 0) is 6.42 Å². The standard InChI is InChI=1S/C14H15NS/c1-15-9-11-8-10-4-2-3-5-12(10)14-13(11)6-7-16-14/h2-7,11,15H,8-9H2,1H3. The summed E-state index contributed by atoms with van der Waals surface area (Å²) in [5, 5.41) is 5.52. The number of hydrogen-bond acceptors (Lipinski definition) is 2. The summed E-state index contributed by atoms with van der Waals surface area (Å²) in [6.07, 6.45) is 1.17. The maximum Gasteiger partial charge on any atom is 0.0380 e. The highest BCUT2D eigenvalue weighted by molar-refractivity contribution is 7.13. The van der Waals surface area contributed by atoms with E-state index in [1.807, 2.05) is 18.4 Å². The van der Waals surface area contributed by atoms with Gasteiger partial charge in [0.15, 0.2) is 0 Å². The third kappa shape index (κ3) is 1.49. The molecule has 0 radical (unpaired) electrons. The molecular weight excluding hydrogens is 214 g/mol. The molecule has 1 unspecified atom stereocenters. The second kappa shape index (κ2) is 4.04. The molecule has 1 aromatic heterocycles. The molecule has 1 aliphatic rings. The van der Waals surface area contributed by atoms with Crippen molar-refractivity contribution in [2.24, 2.45) is 0 Å². The first-order valence-electron chi connectivity index (χ1n) is 5.70. The van der Waals surface area contributed by atoms with Gasteiger partial charge in [-0.2, -0.15) is 0 Å². The summed E-state index contributed by atoms with van der Waals surface area (Å²) in [4.78, 5) is 1.47. The van der Waals surface area contributed by atoms with Crippen molar-refractivity contribution in [3.8, 4) is 10.4 Å². The fourth-order valence-corrected chi connectivity index (χ4v) is 3.63. The minimum atomic E-state index is 0.640. The molecule has 0 saturated carbocycles. The minimum Gasteiger partial charge on any atom is -0.319 e. The Kier molecular flexibility index (Phi) is 2.54. The summed E-state index contributed by atoms with van der Waals surface area (Å²) in [6.45, 7) is 1.07. The van der Waals surface area contributed by atoms with Gasteiger partial charge in [0.05, 0.1) is 0 Å². The molecule has 1 atom stereocenters. The lowest BCUT2D eigenvalue weighted by atomic mass is 9.83. The Balaban J connectivity index is 2.12. The molecule has 0 aliphatic heterocycles. The number of rotatable bonds is 2.